The Kier molecular flexibility index (Phi) is 10.1. The second kappa shape index (κ2) is 13.9. The van der Waals surface area contributed by atoms with Crippen molar-refractivity contribution in [3.8, 4) is 0 Å². The highest BCUT2D eigenvalue weighted by Crippen LogP contribution is 2.25. The van der Waals surface area contributed by atoms with E-state index in [1.165, 1.54) is 29.2 Å². The fraction of sp³-hybridized carbons (Fsp3) is 0.212. The van der Waals surface area contributed by atoms with Crippen molar-refractivity contribution in [1.82, 2.24) is 10.2 Å². The fourth-order valence-electron chi connectivity index (χ4n) is 4.59. The SMILES string of the molecule is CCNC(=O)[C@H](Cc1ccccc1)N(Cc1ccc(F)cc1)C(=O)CN(c1ccccc1)S(=O)(=O)c1ccc(C)cc1. The first-order chi connectivity index (χ1) is 20.2. The van der Waals surface area contributed by atoms with Crippen LogP contribution in [0, 0.1) is 12.7 Å². The zero-order valence-electron chi connectivity index (χ0n) is 23.6. The number of halogens is 1. The second-order valence-electron chi connectivity index (χ2n) is 9.91. The molecule has 4 rings (SSSR count). The predicted molar refractivity (Wildman–Crippen MR) is 162 cm³/mol. The molecule has 1 N–H and O–H groups in total. The van der Waals surface area contributed by atoms with Gasteiger partial charge in [0.1, 0.15) is 18.4 Å². The van der Waals surface area contributed by atoms with Crippen LogP contribution in [0.5, 0.6) is 0 Å². The van der Waals surface area contributed by atoms with E-state index in [2.05, 4.69) is 5.32 Å². The van der Waals surface area contributed by atoms with Crippen LogP contribution in [0.1, 0.15) is 23.6 Å². The molecule has 42 heavy (non-hydrogen) atoms. The molecule has 0 heterocycles. The highest BCUT2D eigenvalue weighted by atomic mass is 32.2. The first-order valence-electron chi connectivity index (χ1n) is 13.7. The molecule has 1 atom stereocenters. The highest BCUT2D eigenvalue weighted by Gasteiger charge is 2.34. The molecule has 0 aliphatic heterocycles. The van der Waals surface area contributed by atoms with E-state index < -0.39 is 34.3 Å². The van der Waals surface area contributed by atoms with E-state index in [9.17, 15) is 22.4 Å². The topological polar surface area (TPSA) is 86.8 Å². The Labute approximate surface area is 246 Å². The van der Waals surface area contributed by atoms with Crippen molar-refractivity contribution in [2.45, 2.75) is 37.8 Å². The van der Waals surface area contributed by atoms with Crippen molar-refractivity contribution in [3.05, 3.63) is 132 Å². The maximum absolute atomic E-state index is 14.2. The third-order valence-electron chi connectivity index (χ3n) is 6.82. The second-order valence-corrected chi connectivity index (χ2v) is 11.8. The molecule has 4 aromatic carbocycles. The summed E-state index contributed by atoms with van der Waals surface area (Å²) in [6.45, 7) is 3.42. The van der Waals surface area contributed by atoms with E-state index in [1.807, 2.05) is 37.3 Å². The lowest BCUT2D eigenvalue weighted by Gasteiger charge is -2.33. The van der Waals surface area contributed by atoms with E-state index in [1.54, 1.807) is 61.5 Å². The molecule has 0 saturated heterocycles. The van der Waals surface area contributed by atoms with E-state index in [-0.39, 0.29) is 23.8 Å². The third-order valence-corrected chi connectivity index (χ3v) is 8.61. The average molecular weight is 588 g/mol. The molecule has 0 saturated carbocycles. The van der Waals surface area contributed by atoms with Gasteiger partial charge in [-0.15, -0.1) is 0 Å². The summed E-state index contributed by atoms with van der Waals surface area (Å²) in [4.78, 5) is 29.1. The largest absolute Gasteiger partial charge is 0.355 e. The Morgan fingerprint density at radius 1 is 0.810 bits per heavy atom. The molecular formula is C33H34FN3O4S. The third kappa shape index (κ3) is 7.61. The molecule has 0 radical (unpaired) electrons. The monoisotopic (exact) mass is 587 g/mol. The van der Waals surface area contributed by atoms with Gasteiger partial charge in [-0.2, -0.15) is 0 Å². The number of hydrogen-bond acceptors (Lipinski definition) is 4. The van der Waals surface area contributed by atoms with Crippen LogP contribution in [-0.4, -0.2) is 44.3 Å². The van der Waals surface area contributed by atoms with Crippen LogP contribution in [-0.2, 0) is 32.6 Å². The first kappa shape index (κ1) is 30.5. The number of carbonyl (C=O) groups excluding carboxylic acids is 2. The van der Waals surface area contributed by atoms with Gasteiger partial charge in [0.25, 0.3) is 10.0 Å². The van der Waals surface area contributed by atoms with Crippen LogP contribution < -0.4 is 9.62 Å². The van der Waals surface area contributed by atoms with Gasteiger partial charge in [-0.05, 0) is 61.4 Å². The van der Waals surface area contributed by atoms with Gasteiger partial charge < -0.3 is 10.2 Å². The summed E-state index contributed by atoms with van der Waals surface area (Å²) >= 11 is 0. The lowest BCUT2D eigenvalue weighted by molar-refractivity contribution is -0.140. The number of aryl methyl sites for hydroxylation is 1. The van der Waals surface area contributed by atoms with E-state index >= 15 is 0 Å². The number of para-hydroxylation sites is 1. The van der Waals surface area contributed by atoms with Crippen molar-refractivity contribution in [2.24, 2.45) is 0 Å². The van der Waals surface area contributed by atoms with Gasteiger partial charge in [0.05, 0.1) is 10.6 Å². The number of amides is 2. The van der Waals surface area contributed by atoms with Crippen LogP contribution in [0.4, 0.5) is 10.1 Å². The summed E-state index contributed by atoms with van der Waals surface area (Å²) in [6, 6.07) is 28.8. The maximum Gasteiger partial charge on any atom is 0.264 e. The minimum absolute atomic E-state index is 0.0268. The van der Waals surface area contributed by atoms with E-state index in [0.717, 1.165) is 15.4 Å². The number of likely N-dealkylation sites (N-methyl/N-ethyl adjacent to an activating group) is 1. The first-order valence-corrected chi connectivity index (χ1v) is 15.1. The summed E-state index contributed by atoms with van der Waals surface area (Å²) in [5, 5.41) is 2.82. The van der Waals surface area contributed by atoms with Gasteiger partial charge in [-0.3, -0.25) is 13.9 Å². The summed E-state index contributed by atoms with van der Waals surface area (Å²) in [5.74, 6) is -1.38. The van der Waals surface area contributed by atoms with Gasteiger partial charge in [-0.1, -0.05) is 78.4 Å². The van der Waals surface area contributed by atoms with Crippen molar-refractivity contribution < 1.29 is 22.4 Å². The number of anilines is 1. The highest BCUT2D eigenvalue weighted by molar-refractivity contribution is 7.92. The number of nitrogens with zero attached hydrogens (tertiary/aromatic N) is 2. The minimum atomic E-state index is -4.16. The van der Waals surface area contributed by atoms with Gasteiger partial charge in [0, 0.05) is 19.5 Å². The molecule has 0 spiro atoms. The van der Waals surface area contributed by atoms with Gasteiger partial charge in [-0.25, -0.2) is 12.8 Å². The summed E-state index contributed by atoms with van der Waals surface area (Å²) in [6.07, 6.45) is 0.204. The standard InChI is InChI=1S/C33H34FN3O4S/c1-3-35-33(39)31(22-26-10-6-4-7-11-26)36(23-27-16-18-28(34)19-17-27)32(38)24-37(29-12-8-5-9-13-29)42(40,41)30-20-14-25(2)15-21-30/h4-21,31H,3,22-24H2,1-2H3,(H,35,39)/t31-/m0/s1. The zero-order chi connectivity index (χ0) is 30.1. The molecule has 7 nitrogen and oxygen atoms in total. The van der Waals surface area contributed by atoms with Crippen LogP contribution in [0.25, 0.3) is 0 Å². The zero-order valence-corrected chi connectivity index (χ0v) is 24.4. The van der Waals surface area contributed by atoms with E-state index in [4.69, 9.17) is 0 Å². The summed E-state index contributed by atoms with van der Waals surface area (Å²) in [5.41, 5.74) is 2.64. The smallest absolute Gasteiger partial charge is 0.264 e. The molecule has 0 fully saturated rings. The van der Waals surface area contributed by atoms with Crippen molar-refractivity contribution in [3.63, 3.8) is 0 Å². The van der Waals surface area contributed by atoms with Crippen LogP contribution in [0.3, 0.4) is 0 Å². The molecule has 2 amide bonds. The molecular weight excluding hydrogens is 553 g/mol. The molecule has 9 heteroatoms. The van der Waals surface area contributed by atoms with Gasteiger partial charge in [0.15, 0.2) is 0 Å². The van der Waals surface area contributed by atoms with Crippen LogP contribution >= 0.6 is 0 Å². The number of nitrogens with one attached hydrogen (secondary N) is 1. The van der Waals surface area contributed by atoms with Gasteiger partial charge in [0.2, 0.25) is 11.8 Å². The van der Waals surface area contributed by atoms with Crippen molar-refractivity contribution in [1.29, 1.82) is 0 Å². The van der Waals surface area contributed by atoms with Crippen molar-refractivity contribution >= 4 is 27.5 Å². The fourth-order valence-corrected chi connectivity index (χ4v) is 6.01. The molecule has 0 aromatic heterocycles. The molecule has 218 valence electrons. The number of hydrogen-bond donors (Lipinski definition) is 1. The van der Waals surface area contributed by atoms with Crippen LogP contribution in [0.2, 0.25) is 0 Å². The number of sulfonamides is 1. The molecule has 0 aliphatic carbocycles. The van der Waals surface area contributed by atoms with Crippen molar-refractivity contribution in [2.75, 3.05) is 17.4 Å². The minimum Gasteiger partial charge on any atom is -0.355 e. The number of rotatable bonds is 12. The predicted octanol–water partition coefficient (Wildman–Crippen LogP) is 5.11. The maximum atomic E-state index is 14.2. The van der Waals surface area contributed by atoms with E-state index in [0.29, 0.717) is 17.8 Å². The quantitative estimate of drug-likeness (QED) is 0.250. The molecule has 0 bridgehead atoms. The molecule has 0 unspecified atom stereocenters. The normalized spacial score (nSPS) is 11.9. The number of benzene rings is 4. The lowest BCUT2D eigenvalue weighted by Crippen LogP contribution is -2.53. The number of carbonyl (C=O) groups is 2. The lowest BCUT2D eigenvalue weighted by atomic mass is 10.0. The Morgan fingerprint density at radius 3 is 2.00 bits per heavy atom. The van der Waals surface area contributed by atoms with Crippen LogP contribution in [0.15, 0.2) is 114 Å². The Balaban J connectivity index is 1.77. The van der Waals surface area contributed by atoms with Gasteiger partial charge >= 0.3 is 0 Å². The Morgan fingerprint density at radius 2 is 1.40 bits per heavy atom. The average Bonchev–Trinajstić information content (AvgIpc) is 2.99. The summed E-state index contributed by atoms with van der Waals surface area (Å²) in [7, 11) is -4.16. The molecule has 0 aliphatic rings. The Hall–Kier alpha value is -4.50. The Bertz CT molecular complexity index is 1580. The molecule has 4 aromatic rings. The summed E-state index contributed by atoms with van der Waals surface area (Å²) < 4.78 is 42.6.